The van der Waals surface area contributed by atoms with Crippen LogP contribution >= 0.6 is 11.3 Å². The Balaban J connectivity index is 1.64. The summed E-state index contributed by atoms with van der Waals surface area (Å²) in [6.45, 7) is 1.88. The van der Waals surface area contributed by atoms with Crippen molar-refractivity contribution in [3.63, 3.8) is 0 Å². The first-order valence-electron chi connectivity index (χ1n) is 8.41. The fourth-order valence-corrected chi connectivity index (χ4v) is 3.68. The number of aromatic nitrogens is 2. The molecule has 0 bridgehead atoms. The molecule has 0 saturated carbocycles. The number of thiophene rings is 1. The van der Waals surface area contributed by atoms with E-state index < -0.39 is 0 Å². The Labute approximate surface area is 165 Å². The van der Waals surface area contributed by atoms with Crippen molar-refractivity contribution >= 4 is 32.8 Å². The zero-order valence-electron chi connectivity index (χ0n) is 14.8. The summed E-state index contributed by atoms with van der Waals surface area (Å²) in [7, 11) is 0. The van der Waals surface area contributed by atoms with E-state index in [1.165, 1.54) is 11.3 Å². The van der Waals surface area contributed by atoms with Gasteiger partial charge < -0.3 is 9.73 Å². The van der Waals surface area contributed by atoms with Crippen molar-refractivity contribution in [2.24, 2.45) is 0 Å². The van der Waals surface area contributed by atoms with Crippen molar-refractivity contribution < 1.29 is 4.42 Å². The molecule has 0 unspecified atom stereocenters. The number of rotatable bonds is 4. The molecule has 0 atom stereocenters. The number of nitrogens with zero attached hydrogens (tertiary/aromatic N) is 4. The Morgan fingerprint density at radius 1 is 1.07 bits per heavy atom. The summed E-state index contributed by atoms with van der Waals surface area (Å²) in [5.41, 5.74) is 3.50. The lowest BCUT2D eigenvalue weighted by Gasteiger charge is -2.09. The standard InChI is InChI=1S/C21H13N5OS/c1-2-17(24-18-8-7-15(12-23)19-16(18)9-10-28-19)21-26-25-20(27-21)14-5-3-13(11-22)4-6-14/h2-10,24H,1H3/b17-2-. The van der Waals surface area contributed by atoms with Gasteiger partial charge in [0, 0.05) is 16.6 Å². The van der Waals surface area contributed by atoms with Crippen LogP contribution in [0.2, 0.25) is 0 Å². The Bertz CT molecular complexity index is 1270. The summed E-state index contributed by atoms with van der Waals surface area (Å²) in [6, 6.07) is 16.9. The van der Waals surface area contributed by atoms with E-state index in [0.29, 0.717) is 28.6 Å². The van der Waals surface area contributed by atoms with Crippen molar-refractivity contribution in [1.29, 1.82) is 10.5 Å². The quantitative estimate of drug-likeness (QED) is 0.522. The van der Waals surface area contributed by atoms with Gasteiger partial charge in [0.1, 0.15) is 6.07 Å². The molecule has 4 rings (SSSR count). The SMILES string of the molecule is C/C=C(\Nc1ccc(C#N)c2sccc12)c1nnc(-c2ccc(C#N)cc2)o1. The topological polar surface area (TPSA) is 98.5 Å². The number of nitriles is 2. The molecular formula is C21H13N5OS. The van der Waals surface area contributed by atoms with E-state index >= 15 is 0 Å². The molecule has 134 valence electrons. The summed E-state index contributed by atoms with van der Waals surface area (Å²) >= 11 is 1.53. The molecule has 2 aromatic carbocycles. The maximum atomic E-state index is 9.27. The maximum Gasteiger partial charge on any atom is 0.264 e. The molecule has 28 heavy (non-hydrogen) atoms. The zero-order valence-corrected chi connectivity index (χ0v) is 15.6. The summed E-state index contributed by atoms with van der Waals surface area (Å²) in [5.74, 6) is 0.732. The molecule has 0 fully saturated rings. The van der Waals surface area contributed by atoms with Crippen LogP contribution in [0.25, 0.3) is 27.2 Å². The van der Waals surface area contributed by atoms with E-state index in [1.54, 1.807) is 30.3 Å². The minimum absolute atomic E-state index is 0.356. The van der Waals surface area contributed by atoms with E-state index in [2.05, 4.69) is 27.7 Å². The first-order chi connectivity index (χ1) is 13.7. The van der Waals surface area contributed by atoms with E-state index in [-0.39, 0.29) is 0 Å². The highest BCUT2D eigenvalue weighted by molar-refractivity contribution is 7.17. The van der Waals surface area contributed by atoms with Crippen LogP contribution in [-0.4, -0.2) is 10.2 Å². The van der Waals surface area contributed by atoms with Gasteiger partial charge in [-0.1, -0.05) is 6.08 Å². The number of benzene rings is 2. The van der Waals surface area contributed by atoms with E-state index in [0.717, 1.165) is 21.3 Å². The molecule has 0 aliphatic carbocycles. The third-order valence-corrected chi connectivity index (χ3v) is 5.16. The molecule has 0 amide bonds. The largest absolute Gasteiger partial charge is 0.415 e. The number of nitrogens with one attached hydrogen (secondary N) is 1. The summed E-state index contributed by atoms with van der Waals surface area (Å²) in [6.07, 6.45) is 1.85. The molecular weight excluding hydrogens is 370 g/mol. The van der Waals surface area contributed by atoms with Gasteiger partial charge in [-0.05, 0) is 54.8 Å². The summed E-state index contributed by atoms with van der Waals surface area (Å²) in [4.78, 5) is 0. The number of hydrogen-bond donors (Lipinski definition) is 1. The van der Waals surface area contributed by atoms with Crippen molar-refractivity contribution in [1.82, 2.24) is 10.2 Å². The maximum absolute atomic E-state index is 9.27. The Kier molecular flexibility index (Phi) is 4.59. The normalized spacial score (nSPS) is 11.2. The highest BCUT2D eigenvalue weighted by Crippen LogP contribution is 2.33. The third-order valence-electron chi connectivity index (χ3n) is 4.21. The molecule has 4 aromatic rings. The van der Waals surface area contributed by atoms with Crippen molar-refractivity contribution in [3.8, 4) is 23.6 Å². The lowest BCUT2D eigenvalue weighted by molar-refractivity contribution is 0.553. The molecule has 2 heterocycles. The monoisotopic (exact) mass is 383 g/mol. The zero-order chi connectivity index (χ0) is 19.5. The lowest BCUT2D eigenvalue weighted by Crippen LogP contribution is -1.99. The molecule has 0 aliphatic heterocycles. The van der Waals surface area contributed by atoms with Gasteiger partial charge in [-0.3, -0.25) is 0 Å². The van der Waals surface area contributed by atoms with Crippen LogP contribution in [0.15, 0.2) is 58.3 Å². The van der Waals surface area contributed by atoms with Crippen molar-refractivity contribution in [2.45, 2.75) is 6.92 Å². The van der Waals surface area contributed by atoms with Gasteiger partial charge in [0.25, 0.3) is 5.89 Å². The van der Waals surface area contributed by atoms with Gasteiger partial charge >= 0.3 is 0 Å². The first kappa shape index (κ1) is 17.5. The lowest BCUT2D eigenvalue weighted by atomic mass is 10.1. The van der Waals surface area contributed by atoms with Crippen LogP contribution in [0, 0.1) is 22.7 Å². The van der Waals surface area contributed by atoms with Gasteiger partial charge in [0.2, 0.25) is 5.89 Å². The van der Waals surface area contributed by atoms with Gasteiger partial charge in [0.05, 0.1) is 27.6 Å². The fraction of sp³-hybridized carbons (Fsp3) is 0.0476. The van der Waals surface area contributed by atoms with E-state index in [4.69, 9.17) is 9.68 Å². The molecule has 6 nitrogen and oxygen atoms in total. The van der Waals surface area contributed by atoms with Crippen LogP contribution in [-0.2, 0) is 0 Å². The van der Waals surface area contributed by atoms with Gasteiger partial charge in [0.15, 0.2) is 0 Å². The van der Waals surface area contributed by atoms with Crippen molar-refractivity contribution in [2.75, 3.05) is 5.32 Å². The highest BCUT2D eigenvalue weighted by atomic mass is 32.1. The highest BCUT2D eigenvalue weighted by Gasteiger charge is 2.15. The van der Waals surface area contributed by atoms with Crippen LogP contribution < -0.4 is 5.32 Å². The molecule has 0 spiro atoms. The second kappa shape index (κ2) is 7.36. The van der Waals surface area contributed by atoms with Crippen molar-refractivity contribution in [3.05, 3.63) is 70.9 Å². The molecule has 2 aromatic heterocycles. The average molecular weight is 383 g/mol. The van der Waals surface area contributed by atoms with Crippen LogP contribution in [0.5, 0.6) is 0 Å². The average Bonchev–Trinajstić information content (AvgIpc) is 3.42. The number of allylic oxidation sites excluding steroid dienone is 1. The number of fused-ring (bicyclic) bond motifs is 1. The second-order valence-corrected chi connectivity index (χ2v) is 6.78. The van der Waals surface area contributed by atoms with E-state index in [1.807, 2.05) is 30.5 Å². The molecule has 0 radical (unpaired) electrons. The predicted molar refractivity (Wildman–Crippen MR) is 108 cm³/mol. The van der Waals surface area contributed by atoms with Gasteiger partial charge in [-0.25, -0.2) is 0 Å². The minimum Gasteiger partial charge on any atom is -0.415 e. The molecule has 0 saturated heterocycles. The first-order valence-corrected chi connectivity index (χ1v) is 9.29. The van der Waals surface area contributed by atoms with E-state index in [9.17, 15) is 5.26 Å². The second-order valence-electron chi connectivity index (χ2n) is 5.86. The van der Waals surface area contributed by atoms with Crippen LogP contribution in [0.4, 0.5) is 5.69 Å². The van der Waals surface area contributed by atoms with Crippen LogP contribution in [0.1, 0.15) is 23.9 Å². The van der Waals surface area contributed by atoms with Crippen LogP contribution in [0.3, 0.4) is 0 Å². The van der Waals surface area contributed by atoms with Gasteiger partial charge in [-0.15, -0.1) is 21.5 Å². The number of anilines is 1. The number of hydrogen-bond acceptors (Lipinski definition) is 7. The summed E-state index contributed by atoms with van der Waals surface area (Å²) in [5, 5.41) is 32.7. The smallest absolute Gasteiger partial charge is 0.264 e. The molecule has 7 heteroatoms. The minimum atomic E-state index is 0.356. The predicted octanol–water partition coefficient (Wildman–Crippen LogP) is 5.17. The Morgan fingerprint density at radius 2 is 1.89 bits per heavy atom. The molecule has 1 N–H and O–H groups in total. The summed E-state index contributed by atoms with van der Waals surface area (Å²) < 4.78 is 6.76. The Hall–Kier alpha value is -3.94. The molecule has 0 aliphatic rings. The Morgan fingerprint density at radius 3 is 2.61 bits per heavy atom. The van der Waals surface area contributed by atoms with Gasteiger partial charge in [-0.2, -0.15) is 10.5 Å². The fourth-order valence-electron chi connectivity index (χ4n) is 2.79. The third kappa shape index (κ3) is 3.11.